The lowest BCUT2D eigenvalue weighted by atomic mass is 9.53. The summed E-state index contributed by atoms with van der Waals surface area (Å²) in [7, 11) is 1.68. The fraction of sp³-hybridized carbons (Fsp3) is 0.421. The number of hydrogen-bond acceptors (Lipinski definition) is 5. The van der Waals surface area contributed by atoms with Crippen LogP contribution in [0.2, 0.25) is 0 Å². The third-order valence-corrected chi connectivity index (χ3v) is 11.8. The molecule has 5 heterocycles. The molecule has 10 rings (SSSR count). The van der Waals surface area contributed by atoms with Crippen molar-refractivity contribution in [2.45, 2.75) is 44.8 Å². The number of pyridine rings is 1. The van der Waals surface area contributed by atoms with Gasteiger partial charge in [-0.15, -0.1) is 0 Å². The van der Waals surface area contributed by atoms with Crippen LogP contribution >= 0.6 is 0 Å². The summed E-state index contributed by atoms with van der Waals surface area (Å²) in [5.74, 6) is 4.82. The van der Waals surface area contributed by atoms with Crippen molar-refractivity contribution in [2.75, 3.05) is 26.7 Å². The summed E-state index contributed by atoms with van der Waals surface area (Å²) in [6.45, 7) is 3.82. The number of carbonyl (C=O) groups excluding carboxylic acids is 2. The molecule has 2 aromatic carbocycles. The van der Waals surface area contributed by atoms with E-state index in [-0.39, 0.29) is 17.7 Å². The number of rotatable bonds is 8. The number of ether oxygens (including phenoxy) is 1. The van der Waals surface area contributed by atoms with Crippen molar-refractivity contribution in [3.63, 3.8) is 0 Å². The van der Waals surface area contributed by atoms with Crippen LogP contribution in [0.15, 0.2) is 66.9 Å². The highest BCUT2D eigenvalue weighted by Gasteiger charge is 2.61. The molecule has 0 radical (unpaired) electrons. The van der Waals surface area contributed by atoms with Gasteiger partial charge in [0.1, 0.15) is 16.9 Å². The molecule has 47 heavy (non-hydrogen) atoms. The second-order valence-electron chi connectivity index (χ2n) is 14.6. The molecule has 3 aliphatic carbocycles. The standard InChI is InChI=1S/C38H38N6O3/c1-47-32-16-27(38(46)43-21-28-12-26-15-30(43)33(26)28)13-29-34(32)44(20-23-17-41(18-23)37(45)24-6-3-2-4-7-24)36(40-29)31-14-25-8-5-11-39-35(25)42(31)19-22-9-10-22/h2-8,11,13-14,16,22-23,26,28,30,33H,9-10,12,15,17-21H2,1H3/t26?,28?,30?,33-/m1/s1. The summed E-state index contributed by atoms with van der Waals surface area (Å²) in [4.78, 5) is 41.3. The van der Waals surface area contributed by atoms with E-state index < -0.39 is 0 Å². The summed E-state index contributed by atoms with van der Waals surface area (Å²) in [6, 6.07) is 20.1. The van der Waals surface area contributed by atoms with Crippen molar-refractivity contribution in [3.05, 3.63) is 78.0 Å². The van der Waals surface area contributed by atoms with Crippen LogP contribution in [0.3, 0.4) is 0 Å². The Morgan fingerprint density at radius 3 is 2.45 bits per heavy atom. The van der Waals surface area contributed by atoms with Gasteiger partial charge in [0.2, 0.25) is 0 Å². The third-order valence-electron chi connectivity index (χ3n) is 11.8. The number of methoxy groups -OCH3 is 1. The minimum Gasteiger partial charge on any atom is -0.494 e. The van der Waals surface area contributed by atoms with E-state index in [1.807, 2.05) is 59.6 Å². The van der Waals surface area contributed by atoms with Crippen molar-refractivity contribution in [2.24, 2.45) is 29.6 Å². The normalized spacial score (nSPS) is 24.6. The van der Waals surface area contributed by atoms with Crippen LogP contribution in [0.5, 0.6) is 5.75 Å². The lowest BCUT2D eigenvalue weighted by Gasteiger charge is -2.52. The number of imidazole rings is 1. The van der Waals surface area contributed by atoms with Gasteiger partial charge in [-0.2, -0.15) is 0 Å². The van der Waals surface area contributed by atoms with E-state index in [4.69, 9.17) is 14.7 Å². The summed E-state index contributed by atoms with van der Waals surface area (Å²) in [6.07, 6.45) is 6.75. The topological polar surface area (TPSA) is 85.5 Å². The van der Waals surface area contributed by atoms with Gasteiger partial charge in [0, 0.05) is 67.4 Å². The van der Waals surface area contributed by atoms with Crippen LogP contribution < -0.4 is 4.74 Å². The van der Waals surface area contributed by atoms with Gasteiger partial charge in [0.15, 0.2) is 5.82 Å². The Morgan fingerprint density at radius 2 is 1.68 bits per heavy atom. The van der Waals surface area contributed by atoms with E-state index >= 15 is 0 Å². The third kappa shape index (κ3) is 4.21. The van der Waals surface area contributed by atoms with Crippen molar-refractivity contribution < 1.29 is 14.3 Å². The zero-order valence-corrected chi connectivity index (χ0v) is 26.6. The van der Waals surface area contributed by atoms with Gasteiger partial charge < -0.3 is 23.7 Å². The van der Waals surface area contributed by atoms with Crippen molar-refractivity contribution in [3.8, 4) is 17.3 Å². The first-order valence-electron chi connectivity index (χ1n) is 17.2. The molecular formula is C38H38N6O3. The quantitative estimate of drug-likeness (QED) is 0.220. The number of aromatic nitrogens is 4. The fourth-order valence-corrected chi connectivity index (χ4v) is 9.13. The number of hydrogen-bond donors (Lipinski definition) is 0. The number of likely N-dealkylation sites (tertiary alicyclic amines) is 2. The number of fused-ring (bicyclic) bond motifs is 2. The van der Waals surface area contributed by atoms with Crippen LogP contribution in [0.4, 0.5) is 0 Å². The maximum Gasteiger partial charge on any atom is 0.254 e. The monoisotopic (exact) mass is 626 g/mol. The van der Waals surface area contributed by atoms with Crippen LogP contribution in [0, 0.1) is 29.6 Å². The predicted molar refractivity (Wildman–Crippen MR) is 178 cm³/mol. The average Bonchev–Trinajstić information content (AvgIpc) is 3.72. The van der Waals surface area contributed by atoms with Crippen molar-refractivity contribution in [1.82, 2.24) is 28.9 Å². The molecule has 3 unspecified atom stereocenters. The minimum absolute atomic E-state index is 0.0714. The second kappa shape index (κ2) is 10.2. The lowest BCUT2D eigenvalue weighted by molar-refractivity contribution is -0.0204. The molecule has 5 aromatic rings. The molecule has 3 saturated carbocycles. The van der Waals surface area contributed by atoms with Gasteiger partial charge in [0.25, 0.3) is 11.8 Å². The summed E-state index contributed by atoms with van der Waals surface area (Å²) < 4.78 is 10.7. The zero-order valence-electron chi connectivity index (χ0n) is 26.6. The summed E-state index contributed by atoms with van der Waals surface area (Å²) >= 11 is 0. The SMILES string of the molecule is COc1cc(C(=O)N2CC3CC4CC2[C@H]43)cc2nc(-c3cc4cccnc4n3CC3CC3)n(CC3CN(C(=O)c4ccccc4)C3)c12. The highest BCUT2D eigenvalue weighted by atomic mass is 16.5. The fourth-order valence-electron chi connectivity index (χ4n) is 9.13. The molecule has 4 atom stereocenters. The van der Waals surface area contributed by atoms with Gasteiger partial charge in [-0.25, -0.2) is 9.97 Å². The first-order chi connectivity index (χ1) is 23.0. The average molecular weight is 627 g/mol. The zero-order chi connectivity index (χ0) is 31.4. The maximum absolute atomic E-state index is 14.0. The lowest BCUT2D eigenvalue weighted by Crippen LogP contribution is -2.53. The molecule has 2 aliphatic heterocycles. The maximum atomic E-state index is 14.0. The highest BCUT2D eigenvalue weighted by Crippen LogP contribution is 2.60. The van der Waals surface area contributed by atoms with Crippen LogP contribution in [0.25, 0.3) is 33.6 Å². The molecule has 2 amide bonds. The Labute approximate surface area is 273 Å². The Bertz CT molecular complexity index is 2070. The Balaban J connectivity index is 1.05. The number of carbonyl (C=O) groups is 2. The van der Waals surface area contributed by atoms with Crippen LogP contribution in [0.1, 0.15) is 46.4 Å². The Kier molecular flexibility index (Phi) is 5.94. The number of benzene rings is 2. The molecule has 9 heteroatoms. The highest BCUT2D eigenvalue weighted by molar-refractivity contribution is 6.00. The van der Waals surface area contributed by atoms with E-state index in [0.29, 0.717) is 54.7 Å². The van der Waals surface area contributed by atoms with Gasteiger partial charge in [0.05, 0.1) is 18.3 Å². The van der Waals surface area contributed by atoms with E-state index in [0.717, 1.165) is 64.6 Å². The van der Waals surface area contributed by atoms with Gasteiger partial charge >= 0.3 is 0 Å². The smallest absolute Gasteiger partial charge is 0.254 e. The number of amides is 2. The summed E-state index contributed by atoms with van der Waals surface area (Å²) in [5, 5.41) is 1.09. The van der Waals surface area contributed by atoms with Crippen LogP contribution in [-0.2, 0) is 13.1 Å². The molecule has 9 nitrogen and oxygen atoms in total. The molecule has 3 aromatic heterocycles. The van der Waals surface area contributed by atoms with Gasteiger partial charge in [-0.1, -0.05) is 18.2 Å². The second-order valence-corrected chi connectivity index (χ2v) is 14.6. The van der Waals surface area contributed by atoms with E-state index in [2.05, 4.69) is 26.2 Å². The Morgan fingerprint density at radius 1 is 0.851 bits per heavy atom. The molecule has 0 spiro atoms. The van der Waals surface area contributed by atoms with E-state index in [9.17, 15) is 9.59 Å². The Hall–Kier alpha value is -4.66. The van der Waals surface area contributed by atoms with E-state index in [1.165, 1.54) is 19.3 Å². The molecule has 5 fully saturated rings. The number of nitrogens with zero attached hydrogens (tertiary/aromatic N) is 6. The first kappa shape index (κ1) is 27.5. The van der Waals surface area contributed by atoms with Gasteiger partial charge in [-0.3, -0.25) is 9.59 Å². The summed E-state index contributed by atoms with van der Waals surface area (Å²) in [5.41, 5.74) is 5.04. The molecular weight excluding hydrogens is 588 g/mol. The van der Waals surface area contributed by atoms with Crippen molar-refractivity contribution in [1.29, 1.82) is 0 Å². The van der Waals surface area contributed by atoms with Crippen molar-refractivity contribution >= 4 is 33.9 Å². The minimum atomic E-state index is 0.0714. The molecule has 0 N–H and O–H groups in total. The molecule has 5 aliphatic rings. The predicted octanol–water partition coefficient (Wildman–Crippen LogP) is 5.72. The molecule has 238 valence electrons. The van der Waals surface area contributed by atoms with Gasteiger partial charge in [-0.05, 0) is 91.8 Å². The van der Waals surface area contributed by atoms with E-state index in [1.54, 1.807) is 7.11 Å². The molecule has 0 bridgehead atoms. The van der Waals surface area contributed by atoms with Crippen LogP contribution in [-0.4, -0.2) is 73.5 Å². The first-order valence-corrected chi connectivity index (χ1v) is 17.2. The molecule has 2 saturated heterocycles. The largest absolute Gasteiger partial charge is 0.494 e.